The summed E-state index contributed by atoms with van der Waals surface area (Å²) < 4.78 is 11.4. The van der Waals surface area contributed by atoms with E-state index in [1.807, 2.05) is 36.1 Å². The van der Waals surface area contributed by atoms with Gasteiger partial charge in [0.2, 0.25) is 0 Å². The van der Waals surface area contributed by atoms with Crippen LogP contribution in [-0.4, -0.2) is 48.8 Å². The molecule has 2 aromatic carbocycles. The van der Waals surface area contributed by atoms with Gasteiger partial charge in [0.15, 0.2) is 5.79 Å². The fourth-order valence-electron chi connectivity index (χ4n) is 3.71. The number of rotatable bonds is 3. The third kappa shape index (κ3) is 3.93. The smallest absolute Gasteiger partial charge is 0.255 e. The standard InChI is InChI=1S/C22H24N2O4/c1-16-3-2-4-19(15-16)23-20(25)17-5-7-18(8-6-17)21(26)24-11-9-22(10-12-24)27-13-14-28-22/h2-8,15H,9-14H2,1H3,(H,23,25). The zero-order valence-corrected chi connectivity index (χ0v) is 15.9. The first-order valence-electron chi connectivity index (χ1n) is 9.60. The van der Waals surface area contributed by atoms with Gasteiger partial charge in [-0.3, -0.25) is 9.59 Å². The highest BCUT2D eigenvalue weighted by Gasteiger charge is 2.40. The van der Waals surface area contributed by atoms with Crippen LogP contribution in [0.4, 0.5) is 5.69 Å². The molecule has 2 aliphatic rings. The van der Waals surface area contributed by atoms with E-state index in [1.165, 1.54) is 0 Å². The van der Waals surface area contributed by atoms with E-state index in [-0.39, 0.29) is 11.8 Å². The average molecular weight is 380 g/mol. The predicted molar refractivity (Wildman–Crippen MR) is 105 cm³/mol. The van der Waals surface area contributed by atoms with Crippen molar-refractivity contribution < 1.29 is 19.1 Å². The summed E-state index contributed by atoms with van der Waals surface area (Å²) in [5, 5.41) is 2.88. The van der Waals surface area contributed by atoms with Crippen LogP contribution in [-0.2, 0) is 9.47 Å². The molecule has 1 spiro atoms. The summed E-state index contributed by atoms with van der Waals surface area (Å²) in [5.74, 6) is -0.715. The quantitative estimate of drug-likeness (QED) is 0.888. The lowest BCUT2D eigenvalue weighted by Crippen LogP contribution is -2.47. The minimum atomic E-state index is -0.492. The maximum atomic E-state index is 12.8. The number of hydrogen-bond donors (Lipinski definition) is 1. The van der Waals surface area contributed by atoms with E-state index in [1.54, 1.807) is 24.3 Å². The van der Waals surface area contributed by atoms with Crippen LogP contribution >= 0.6 is 0 Å². The second kappa shape index (κ2) is 7.73. The Labute approximate surface area is 164 Å². The van der Waals surface area contributed by atoms with E-state index in [9.17, 15) is 9.59 Å². The van der Waals surface area contributed by atoms with Gasteiger partial charge in [-0.25, -0.2) is 0 Å². The van der Waals surface area contributed by atoms with Crippen LogP contribution in [0.25, 0.3) is 0 Å². The molecule has 0 saturated carbocycles. The Morgan fingerprint density at radius 2 is 1.61 bits per heavy atom. The molecule has 146 valence electrons. The van der Waals surface area contributed by atoms with Crippen molar-refractivity contribution in [2.45, 2.75) is 25.6 Å². The maximum Gasteiger partial charge on any atom is 0.255 e. The molecule has 28 heavy (non-hydrogen) atoms. The van der Waals surface area contributed by atoms with Crippen molar-refractivity contribution in [3.8, 4) is 0 Å². The average Bonchev–Trinajstić information content (AvgIpc) is 3.16. The molecule has 2 fully saturated rings. The molecular formula is C22H24N2O4. The van der Waals surface area contributed by atoms with Crippen LogP contribution in [0.2, 0.25) is 0 Å². The third-order valence-corrected chi connectivity index (χ3v) is 5.30. The summed E-state index contributed by atoms with van der Waals surface area (Å²) in [6, 6.07) is 14.4. The van der Waals surface area contributed by atoms with Gasteiger partial charge < -0.3 is 19.7 Å². The molecule has 2 aliphatic heterocycles. The monoisotopic (exact) mass is 380 g/mol. The van der Waals surface area contributed by atoms with Crippen molar-refractivity contribution in [2.75, 3.05) is 31.6 Å². The van der Waals surface area contributed by atoms with Gasteiger partial charge in [-0.1, -0.05) is 12.1 Å². The molecular weight excluding hydrogens is 356 g/mol. The second-order valence-electron chi connectivity index (χ2n) is 7.30. The van der Waals surface area contributed by atoms with Crippen LogP contribution in [0.5, 0.6) is 0 Å². The molecule has 0 aromatic heterocycles. The Balaban J connectivity index is 1.37. The lowest BCUT2D eigenvalue weighted by atomic mass is 10.0. The van der Waals surface area contributed by atoms with Gasteiger partial charge in [-0.15, -0.1) is 0 Å². The topological polar surface area (TPSA) is 67.9 Å². The molecule has 4 rings (SSSR count). The Hall–Kier alpha value is -2.70. The fourth-order valence-corrected chi connectivity index (χ4v) is 3.71. The van der Waals surface area contributed by atoms with Gasteiger partial charge in [-0.2, -0.15) is 0 Å². The number of piperidine rings is 1. The molecule has 2 saturated heterocycles. The normalized spacial score (nSPS) is 18.2. The number of benzene rings is 2. The number of ether oxygens (including phenoxy) is 2. The van der Waals surface area contributed by atoms with Crippen molar-refractivity contribution >= 4 is 17.5 Å². The third-order valence-electron chi connectivity index (χ3n) is 5.30. The predicted octanol–water partition coefficient (Wildman–Crippen LogP) is 3.23. The summed E-state index contributed by atoms with van der Waals surface area (Å²) in [5.41, 5.74) is 2.93. The van der Waals surface area contributed by atoms with Crippen LogP contribution in [0.1, 0.15) is 39.1 Å². The maximum absolute atomic E-state index is 12.8. The zero-order valence-electron chi connectivity index (χ0n) is 15.9. The highest BCUT2D eigenvalue weighted by Crippen LogP contribution is 2.31. The van der Waals surface area contributed by atoms with E-state index >= 15 is 0 Å². The molecule has 6 heteroatoms. The van der Waals surface area contributed by atoms with Crippen LogP contribution < -0.4 is 5.32 Å². The summed E-state index contributed by atoms with van der Waals surface area (Å²) >= 11 is 0. The van der Waals surface area contributed by atoms with Crippen LogP contribution in [0.15, 0.2) is 48.5 Å². The number of aryl methyl sites for hydroxylation is 1. The van der Waals surface area contributed by atoms with Crippen LogP contribution in [0, 0.1) is 6.92 Å². The summed E-state index contributed by atoms with van der Waals surface area (Å²) in [7, 11) is 0. The first-order chi connectivity index (χ1) is 13.5. The van der Waals surface area contributed by atoms with Gasteiger partial charge in [0.25, 0.3) is 11.8 Å². The van der Waals surface area contributed by atoms with Crippen molar-refractivity contribution in [1.82, 2.24) is 4.90 Å². The minimum absolute atomic E-state index is 0.0292. The summed E-state index contributed by atoms with van der Waals surface area (Å²) in [4.78, 5) is 27.0. The molecule has 0 aliphatic carbocycles. The molecule has 0 radical (unpaired) electrons. The van der Waals surface area contributed by atoms with E-state index in [0.29, 0.717) is 50.3 Å². The SMILES string of the molecule is Cc1cccc(NC(=O)c2ccc(C(=O)N3CCC4(CC3)OCCO4)cc2)c1. The molecule has 6 nitrogen and oxygen atoms in total. The zero-order chi connectivity index (χ0) is 19.6. The van der Waals surface area contributed by atoms with E-state index < -0.39 is 5.79 Å². The first-order valence-corrected chi connectivity index (χ1v) is 9.60. The Morgan fingerprint density at radius 1 is 0.964 bits per heavy atom. The van der Waals surface area contributed by atoms with Gasteiger partial charge in [0.1, 0.15) is 0 Å². The number of nitrogens with one attached hydrogen (secondary N) is 1. The molecule has 0 bridgehead atoms. The number of hydrogen-bond acceptors (Lipinski definition) is 4. The van der Waals surface area contributed by atoms with Gasteiger partial charge in [-0.05, 0) is 48.9 Å². The van der Waals surface area contributed by atoms with Gasteiger partial charge in [0.05, 0.1) is 13.2 Å². The van der Waals surface area contributed by atoms with Crippen molar-refractivity contribution in [3.63, 3.8) is 0 Å². The highest BCUT2D eigenvalue weighted by molar-refractivity contribution is 6.05. The Bertz CT molecular complexity index is 862. The number of likely N-dealkylation sites (tertiary alicyclic amines) is 1. The molecule has 2 amide bonds. The Kier molecular flexibility index (Phi) is 5.15. The van der Waals surface area contributed by atoms with Gasteiger partial charge in [0, 0.05) is 42.7 Å². The molecule has 0 atom stereocenters. The van der Waals surface area contributed by atoms with Gasteiger partial charge >= 0.3 is 0 Å². The highest BCUT2D eigenvalue weighted by atomic mass is 16.7. The summed E-state index contributed by atoms with van der Waals surface area (Å²) in [6.07, 6.45) is 1.38. The number of amides is 2. The van der Waals surface area contributed by atoms with E-state index in [2.05, 4.69) is 5.32 Å². The second-order valence-corrected chi connectivity index (χ2v) is 7.30. The minimum Gasteiger partial charge on any atom is -0.347 e. The molecule has 1 N–H and O–H groups in total. The number of nitrogens with zero attached hydrogens (tertiary/aromatic N) is 1. The van der Waals surface area contributed by atoms with Crippen molar-refractivity contribution in [1.29, 1.82) is 0 Å². The Morgan fingerprint density at radius 3 is 2.25 bits per heavy atom. The number of carbonyl (C=O) groups excluding carboxylic acids is 2. The fraction of sp³-hybridized carbons (Fsp3) is 0.364. The largest absolute Gasteiger partial charge is 0.347 e. The lowest BCUT2D eigenvalue weighted by Gasteiger charge is -2.37. The van der Waals surface area contributed by atoms with Crippen LogP contribution in [0.3, 0.4) is 0 Å². The van der Waals surface area contributed by atoms with Crippen molar-refractivity contribution in [3.05, 3.63) is 65.2 Å². The van der Waals surface area contributed by atoms with E-state index in [4.69, 9.17) is 9.47 Å². The molecule has 0 unspecified atom stereocenters. The lowest BCUT2D eigenvalue weighted by molar-refractivity contribution is -0.181. The first kappa shape index (κ1) is 18.7. The number of anilines is 1. The van der Waals surface area contributed by atoms with Crippen molar-refractivity contribution in [2.24, 2.45) is 0 Å². The van der Waals surface area contributed by atoms with E-state index in [0.717, 1.165) is 11.3 Å². The number of carbonyl (C=O) groups is 2. The molecule has 2 heterocycles. The molecule has 2 aromatic rings. The summed E-state index contributed by atoms with van der Waals surface area (Å²) in [6.45, 7) is 4.44.